The molecule has 1 aromatic heterocycles. The molecule has 0 bridgehead atoms. The Balaban J connectivity index is 1.47. The van der Waals surface area contributed by atoms with E-state index in [1.54, 1.807) is 18.9 Å². The van der Waals surface area contributed by atoms with Crippen LogP contribution in [0.1, 0.15) is 83.5 Å². The largest absolute Gasteiger partial charge is 0.493 e. The molecule has 0 saturated heterocycles. The highest BCUT2D eigenvalue weighted by molar-refractivity contribution is 7.99. The van der Waals surface area contributed by atoms with Crippen LogP contribution in [0.4, 0.5) is 5.95 Å². The Hall–Kier alpha value is -3.26. The normalized spacial score (nSPS) is 18.2. The van der Waals surface area contributed by atoms with Crippen molar-refractivity contribution in [1.29, 1.82) is 0 Å². The van der Waals surface area contributed by atoms with Crippen molar-refractivity contribution in [3.8, 4) is 11.5 Å². The van der Waals surface area contributed by atoms with E-state index < -0.39 is 0 Å². The van der Waals surface area contributed by atoms with Crippen LogP contribution in [-0.4, -0.2) is 33.4 Å². The maximum atomic E-state index is 13.6. The molecule has 1 aliphatic carbocycles. The molecule has 40 heavy (non-hydrogen) atoms. The zero-order valence-electron chi connectivity index (χ0n) is 24.6. The van der Waals surface area contributed by atoms with Crippen molar-refractivity contribution in [2.75, 3.05) is 18.2 Å². The number of nitrogens with one attached hydrogen (secondary N) is 1. The van der Waals surface area contributed by atoms with Crippen molar-refractivity contribution >= 4 is 23.5 Å². The van der Waals surface area contributed by atoms with Crippen LogP contribution < -0.4 is 14.8 Å². The third kappa shape index (κ3) is 5.78. The number of carbonyl (C=O) groups excluding carboxylic acids is 1. The minimum atomic E-state index is -0.383. The van der Waals surface area contributed by atoms with Crippen molar-refractivity contribution in [1.82, 2.24) is 14.8 Å². The fourth-order valence-corrected chi connectivity index (χ4v) is 6.07. The molecule has 2 aromatic carbocycles. The van der Waals surface area contributed by atoms with Gasteiger partial charge in [-0.2, -0.15) is 4.98 Å². The number of hydrogen-bond acceptors (Lipinski definition) is 7. The van der Waals surface area contributed by atoms with E-state index in [4.69, 9.17) is 19.6 Å². The average Bonchev–Trinajstić information content (AvgIpc) is 3.31. The van der Waals surface area contributed by atoms with E-state index in [0.29, 0.717) is 35.6 Å². The number of aromatic nitrogens is 3. The maximum Gasteiger partial charge on any atom is 0.227 e. The second-order valence-corrected chi connectivity index (χ2v) is 13.6. The molecule has 3 aromatic rings. The first-order valence-electron chi connectivity index (χ1n) is 14.0. The second kappa shape index (κ2) is 11.0. The zero-order valence-corrected chi connectivity index (χ0v) is 25.4. The van der Waals surface area contributed by atoms with E-state index >= 15 is 0 Å². The quantitative estimate of drug-likeness (QED) is 0.289. The lowest BCUT2D eigenvalue weighted by Gasteiger charge is -2.38. The summed E-state index contributed by atoms with van der Waals surface area (Å²) in [6, 6.07) is 14.1. The number of rotatable bonds is 8. The first-order valence-corrected chi connectivity index (χ1v) is 15.0. The van der Waals surface area contributed by atoms with Crippen LogP contribution in [0.25, 0.3) is 0 Å². The van der Waals surface area contributed by atoms with Gasteiger partial charge in [0.1, 0.15) is 12.6 Å². The predicted octanol–water partition coefficient (Wildman–Crippen LogP) is 7.32. The molecule has 212 valence electrons. The fourth-order valence-electron chi connectivity index (χ4n) is 5.39. The van der Waals surface area contributed by atoms with Gasteiger partial charge >= 0.3 is 0 Å². The molecule has 0 spiro atoms. The molecule has 0 saturated carbocycles. The van der Waals surface area contributed by atoms with Crippen LogP contribution in [0, 0.1) is 5.41 Å². The number of fused-ring (bicyclic) bond motifs is 1. The lowest BCUT2D eigenvalue weighted by atomic mass is 9.73. The zero-order chi connectivity index (χ0) is 28.7. The van der Waals surface area contributed by atoms with Crippen LogP contribution in [0.5, 0.6) is 11.5 Å². The number of nitrogens with zero attached hydrogens (tertiary/aromatic N) is 3. The van der Waals surface area contributed by atoms with Crippen molar-refractivity contribution < 1.29 is 14.3 Å². The third-order valence-corrected chi connectivity index (χ3v) is 8.51. The standard InChI is InChI=1S/C32H40N4O3S/c1-8-15-40-30-34-29-33-23-17-32(5,6)18-24(37)27(23)28(36(29)35-30)21-11-14-25(26(16-21)38-7)39-19-20-9-12-22(13-10-20)31(2,3)4/h9-14,16,28H,8,15,17-19H2,1-7H3,(H,33,34,35). The highest BCUT2D eigenvalue weighted by Gasteiger charge is 2.42. The summed E-state index contributed by atoms with van der Waals surface area (Å²) in [5.74, 6) is 3.03. The van der Waals surface area contributed by atoms with E-state index in [1.165, 1.54) is 5.56 Å². The van der Waals surface area contributed by atoms with E-state index in [-0.39, 0.29) is 22.7 Å². The Kier molecular flexibility index (Phi) is 7.75. The molecule has 7 nitrogen and oxygen atoms in total. The Bertz CT molecular complexity index is 1430. The summed E-state index contributed by atoms with van der Waals surface area (Å²) in [7, 11) is 1.64. The van der Waals surface area contributed by atoms with Gasteiger partial charge in [0.15, 0.2) is 17.3 Å². The summed E-state index contributed by atoms with van der Waals surface area (Å²) in [6.45, 7) is 13.5. The minimum absolute atomic E-state index is 0.108. The first kappa shape index (κ1) is 28.3. The van der Waals surface area contributed by atoms with Crippen LogP contribution in [0.2, 0.25) is 0 Å². The molecular formula is C32H40N4O3S. The summed E-state index contributed by atoms with van der Waals surface area (Å²) in [5.41, 5.74) is 4.99. The number of Topliss-reactive ketones (excluding diaryl/α,β-unsaturated/α-hetero) is 1. The van der Waals surface area contributed by atoms with E-state index in [2.05, 4.69) is 71.1 Å². The number of ketones is 1. The summed E-state index contributed by atoms with van der Waals surface area (Å²) >= 11 is 1.63. The Morgan fingerprint density at radius 1 is 1.10 bits per heavy atom. The molecule has 1 atom stereocenters. The lowest BCUT2D eigenvalue weighted by Crippen LogP contribution is -2.36. The number of allylic oxidation sites excluding steroid dienone is 2. The molecule has 8 heteroatoms. The van der Waals surface area contributed by atoms with Crippen molar-refractivity contribution in [2.45, 2.75) is 84.0 Å². The molecule has 1 unspecified atom stereocenters. The number of thioether (sulfide) groups is 1. The molecule has 0 radical (unpaired) electrons. The fraction of sp³-hybridized carbons (Fsp3) is 0.469. The van der Waals surface area contributed by atoms with Gasteiger partial charge in [0.05, 0.1) is 7.11 Å². The number of methoxy groups -OCH3 is 1. The second-order valence-electron chi connectivity index (χ2n) is 12.5. The highest BCUT2D eigenvalue weighted by atomic mass is 32.2. The number of benzene rings is 2. The smallest absolute Gasteiger partial charge is 0.227 e. The Labute approximate surface area is 241 Å². The average molecular weight is 561 g/mol. The molecule has 5 rings (SSSR count). The molecule has 1 N–H and O–H groups in total. The maximum absolute atomic E-state index is 13.6. The molecule has 2 aliphatic rings. The Morgan fingerprint density at radius 3 is 2.52 bits per heavy atom. The lowest BCUT2D eigenvalue weighted by molar-refractivity contribution is -0.118. The van der Waals surface area contributed by atoms with Crippen LogP contribution >= 0.6 is 11.8 Å². The highest BCUT2D eigenvalue weighted by Crippen LogP contribution is 2.46. The van der Waals surface area contributed by atoms with Gasteiger partial charge in [-0.15, -0.1) is 5.10 Å². The topological polar surface area (TPSA) is 78.3 Å². The monoisotopic (exact) mass is 560 g/mol. The van der Waals surface area contributed by atoms with Crippen LogP contribution in [0.3, 0.4) is 0 Å². The van der Waals surface area contributed by atoms with Gasteiger partial charge < -0.3 is 14.8 Å². The van der Waals surface area contributed by atoms with E-state index in [0.717, 1.165) is 41.0 Å². The SMILES string of the molecule is CCCSc1nc2n(n1)C(c1ccc(OCc3ccc(C(C)(C)C)cc3)c(OC)c1)C1=C(CC(C)(C)CC1=O)N2. The summed E-state index contributed by atoms with van der Waals surface area (Å²) < 4.78 is 13.8. The first-order chi connectivity index (χ1) is 19.0. The summed E-state index contributed by atoms with van der Waals surface area (Å²) in [4.78, 5) is 18.3. The number of hydrogen-bond donors (Lipinski definition) is 1. The van der Waals surface area contributed by atoms with Crippen molar-refractivity contribution in [3.05, 3.63) is 70.4 Å². The number of carbonyl (C=O) groups is 1. The van der Waals surface area contributed by atoms with Gasteiger partial charge in [-0.1, -0.05) is 83.6 Å². The predicted molar refractivity (Wildman–Crippen MR) is 160 cm³/mol. The van der Waals surface area contributed by atoms with Gasteiger partial charge in [-0.3, -0.25) is 4.79 Å². The minimum Gasteiger partial charge on any atom is -0.493 e. The van der Waals surface area contributed by atoms with Gasteiger partial charge in [0.25, 0.3) is 0 Å². The molecule has 2 heterocycles. The number of ether oxygens (including phenoxy) is 2. The molecule has 0 amide bonds. The van der Waals surface area contributed by atoms with Crippen LogP contribution in [0.15, 0.2) is 58.9 Å². The summed E-state index contributed by atoms with van der Waals surface area (Å²) in [6.07, 6.45) is 2.31. The number of anilines is 1. The van der Waals surface area contributed by atoms with Gasteiger partial charge in [-0.05, 0) is 52.5 Å². The van der Waals surface area contributed by atoms with Crippen molar-refractivity contribution in [2.24, 2.45) is 5.41 Å². The van der Waals surface area contributed by atoms with Gasteiger partial charge in [0.2, 0.25) is 11.1 Å². The molecule has 0 fully saturated rings. The van der Waals surface area contributed by atoms with Crippen LogP contribution in [-0.2, 0) is 16.8 Å². The van der Waals surface area contributed by atoms with Crippen molar-refractivity contribution in [3.63, 3.8) is 0 Å². The van der Waals surface area contributed by atoms with Gasteiger partial charge in [0, 0.05) is 23.4 Å². The molecule has 1 aliphatic heterocycles. The Morgan fingerprint density at radius 2 is 1.85 bits per heavy atom. The van der Waals surface area contributed by atoms with E-state index in [1.807, 2.05) is 22.9 Å². The van der Waals surface area contributed by atoms with E-state index in [9.17, 15) is 4.79 Å². The van der Waals surface area contributed by atoms with Gasteiger partial charge in [-0.25, -0.2) is 4.68 Å². The molecular weight excluding hydrogens is 520 g/mol. The summed E-state index contributed by atoms with van der Waals surface area (Å²) in [5, 5.41) is 9.00. The third-order valence-electron chi connectivity index (χ3n) is 7.47.